The van der Waals surface area contributed by atoms with Crippen LogP contribution < -0.4 is 4.31 Å². The minimum Gasteiger partial charge on any atom is -0.465 e. The molecule has 0 aliphatic carbocycles. The summed E-state index contributed by atoms with van der Waals surface area (Å²) < 4.78 is 71.5. The van der Waals surface area contributed by atoms with Gasteiger partial charge in [-0.1, -0.05) is 23.7 Å². The number of anilines is 1. The Labute approximate surface area is 198 Å². The van der Waals surface area contributed by atoms with Crippen molar-refractivity contribution in [2.24, 2.45) is 0 Å². The van der Waals surface area contributed by atoms with Crippen LogP contribution in [-0.2, 0) is 27.5 Å². The quantitative estimate of drug-likeness (QED) is 0.442. The van der Waals surface area contributed by atoms with Crippen LogP contribution in [-0.4, -0.2) is 26.5 Å². The lowest BCUT2D eigenvalue weighted by Gasteiger charge is -2.25. The number of sulfonamides is 1. The molecule has 1 aromatic heterocycles. The monoisotopic (exact) mass is 509 g/mol. The molecular formula is C22H15ClF3N3O4S. The van der Waals surface area contributed by atoms with Crippen LogP contribution in [0.15, 0.2) is 65.7 Å². The van der Waals surface area contributed by atoms with Crippen molar-refractivity contribution in [1.29, 1.82) is 5.26 Å². The number of methoxy groups -OCH3 is 1. The normalized spacial score (nSPS) is 11.5. The molecule has 0 atom stereocenters. The fraction of sp³-hybridized carbons (Fsp3) is 0.136. The third-order valence-corrected chi connectivity index (χ3v) is 6.69. The molecule has 0 saturated heterocycles. The number of rotatable bonds is 6. The summed E-state index contributed by atoms with van der Waals surface area (Å²) in [4.78, 5) is 15.1. The zero-order valence-electron chi connectivity index (χ0n) is 17.4. The van der Waals surface area contributed by atoms with Crippen LogP contribution in [0.3, 0.4) is 0 Å². The van der Waals surface area contributed by atoms with E-state index in [4.69, 9.17) is 16.9 Å². The van der Waals surface area contributed by atoms with Crippen LogP contribution in [0, 0.1) is 11.3 Å². The van der Waals surface area contributed by atoms with Crippen molar-refractivity contribution in [3.05, 3.63) is 88.1 Å². The maximum absolute atomic E-state index is 13.5. The molecule has 1 heterocycles. The Morgan fingerprint density at radius 3 is 2.26 bits per heavy atom. The highest BCUT2D eigenvalue weighted by molar-refractivity contribution is 7.92. The number of benzene rings is 2. The number of pyridine rings is 1. The second-order valence-corrected chi connectivity index (χ2v) is 9.13. The van der Waals surface area contributed by atoms with E-state index >= 15 is 0 Å². The molecule has 3 aromatic rings. The maximum Gasteiger partial charge on any atom is 0.417 e. The number of nitrogens with zero attached hydrogens (tertiary/aromatic N) is 3. The van der Waals surface area contributed by atoms with Gasteiger partial charge < -0.3 is 4.74 Å². The Bertz CT molecular complexity index is 1350. The average molecular weight is 510 g/mol. The minimum absolute atomic E-state index is 0.103. The van der Waals surface area contributed by atoms with E-state index in [2.05, 4.69) is 9.72 Å². The molecule has 2 aromatic carbocycles. The highest BCUT2D eigenvalue weighted by Crippen LogP contribution is 2.36. The fourth-order valence-corrected chi connectivity index (χ4v) is 4.65. The van der Waals surface area contributed by atoms with Crippen molar-refractivity contribution in [2.75, 3.05) is 11.4 Å². The van der Waals surface area contributed by atoms with E-state index in [1.807, 2.05) is 6.07 Å². The van der Waals surface area contributed by atoms with Gasteiger partial charge in [0.05, 0.1) is 46.3 Å². The zero-order valence-corrected chi connectivity index (χ0v) is 18.9. The number of carbonyl (C=O) groups is 1. The van der Waals surface area contributed by atoms with Gasteiger partial charge in [-0.15, -0.1) is 0 Å². The lowest BCUT2D eigenvalue weighted by molar-refractivity contribution is -0.137. The highest BCUT2D eigenvalue weighted by Gasteiger charge is 2.34. The average Bonchev–Trinajstić information content (AvgIpc) is 2.82. The predicted octanol–water partition coefficient (Wildman–Crippen LogP) is 4.81. The van der Waals surface area contributed by atoms with Gasteiger partial charge in [-0.25, -0.2) is 22.5 Å². The Morgan fingerprint density at radius 2 is 1.76 bits per heavy atom. The predicted molar refractivity (Wildman–Crippen MR) is 117 cm³/mol. The van der Waals surface area contributed by atoms with Gasteiger partial charge in [-0.05, 0) is 48.0 Å². The Hall–Kier alpha value is -3.62. The third kappa shape index (κ3) is 5.30. The summed E-state index contributed by atoms with van der Waals surface area (Å²) in [6, 6.07) is 13.2. The molecule has 176 valence electrons. The highest BCUT2D eigenvalue weighted by atomic mass is 35.5. The van der Waals surface area contributed by atoms with Crippen molar-refractivity contribution >= 4 is 33.4 Å². The van der Waals surface area contributed by atoms with Gasteiger partial charge >= 0.3 is 12.1 Å². The van der Waals surface area contributed by atoms with Gasteiger partial charge in [0, 0.05) is 6.20 Å². The molecule has 3 rings (SSSR count). The number of ether oxygens (including phenoxy) is 1. The van der Waals surface area contributed by atoms with E-state index in [0.717, 1.165) is 16.4 Å². The number of nitriles is 1. The molecule has 0 unspecified atom stereocenters. The molecule has 0 radical (unpaired) electrons. The van der Waals surface area contributed by atoms with Crippen LogP contribution in [0.2, 0.25) is 5.02 Å². The molecule has 0 N–H and O–H groups in total. The zero-order chi connectivity index (χ0) is 25.1. The number of hydrogen-bond acceptors (Lipinski definition) is 6. The second-order valence-electron chi connectivity index (χ2n) is 6.86. The summed E-state index contributed by atoms with van der Waals surface area (Å²) in [5, 5.41) is 8.44. The first-order chi connectivity index (χ1) is 16.0. The second kappa shape index (κ2) is 9.70. The number of carbonyl (C=O) groups excluding carboxylic acids is 1. The molecule has 7 nitrogen and oxygen atoms in total. The number of esters is 1. The Morgan fingerprint density at radius 1 is 1.15 bits per heavy atom. The molecule has 0 aliphatic rings. The molecule has 0 fully saturated rings. The molecule has 0 bridgehead atoms. The van der Waals surface area contributed by atoms with E-state index < -0.39 is 38.6 Å². The van der Waals surface area contributed by atoms with Crippen LogP contribution in [0.1, 0.15) is 27.0 Å². The summed E-state index contributed by atoms with van der Waals surface area (Å²) in [5.41, 5.74) is -0.279. The molecule has 0 spiro atoms. The number of hydrogen-bond donors (Lipinski definition) is 0. The number of alkyl halides is 3. The van der Waals surface area contributed by atoms with Gasteiger partial charge in [-0.2, -0.15) is 18.4 Å². The largest absolute Gasteiger partial charge is 0.465 e. The summed E-state index contributed by atoms with van der Waals surface area (Å²) >= 11 is 6.05. The number of halogens is 4. The van der Waals surface area contributed by atoms with E-state index in [1.165, 1.54) is 43.5 Å². The van der Waals surface area contributed by atoms with E-state index in [9.17, 15) is 26.4 Å². The third-order valence-electron chi connectivity index (χ3n) is 4.66. The Balaban J connectivity index is 2.10. The summed E-state index contributed by atoms with van der Waals surface area (Å²) in [5.74, 6) is -1.10. The smallest absolute Gasteiger partial charge is 0.417 e. The SMILES string of the molecule is COC(=O)c1ccc(S(=O)(=O)N(Cc2ccc(C#N)cc2)c2ncc(C(F)(F)F)cc2Cl)cc1. The van der Waals surface area contributed by atoms with Crippen molar-refractivity contribution in [2.45, 2.75) is 17.6 Å². The number of aromatic nitrogens is 1. The summed E-state index contributed by atoms with van der Waals surface area (Å²) in [6.45, 7) is -0.342. The first-order valence-electron chi connectivity index (χ1n) is 9.40. The van der Waals surface area contributed by atoms with Crippen LogP contribution in [0.4, 0.5) is 19.0 Å². The van der Waals surface area contributed by atoms with Crippen molar-refractivity contribution in [3.63, 3.8) is 0 Å². The van der Waals surface area contributed by atoms with Gasteiger partial charge in [-0.3, -0.25) is 0 Å². The van der Waals surface area contributed by atoms with Crippen molar-refractivity contribution < 1.29 is 31.1 Å². The lowest BCUT2D eigenvalue weighted by Crippen LogP contribution is -2.32. The van der Waals surface area contributed by atoms with Gasteiger partial charge in [0.15, 0.2) is 5.82 Å². The molecule has 34 heavy (non-hydrogen) atoms. The van der Waals surface area contributed by atoms with Crippen molar-refractivity contribution in [1.82, 2.24) is 4.98 Å². The standard InChI is InChI=1S/C22H15ClF3N3O4S/c1-33-21(30)16-6-8-18(9-7-16)34(31,32)29(13-15-4-2-14(11-27)3-5-15)20-19(23)10-17(12-28-20)22(24,25)26/h2-10,12H,13H2,1H3. The molecule has 0 amide bonds. The van der Waals surface area contributed by atoms with Gasteiger partial charge in [0.2, 0.25) is 0 Å². The van der Waals surface area contributed by atoms with E-state index in [1.54, 1.807) is 0 Å². The molecule has 12 heteroatoms. The maximum atomic E-state index is 13.5. The van der Waals surface area contributed by atoms with Gasteiger partial charge in [0.25, 0.3) is 10.0 Å². The van der Waals surface area contributed by atoms with Crippen LogP contribution >= 0.6 is 11.6 Å². The fourth-order valence-electron chi connectivity index (χ4n) is 2.90. The molecular weight excluding hydrogens is 495 g/mol. The van der Waals surface area contributed by atoms with Crippen LogP contribution in [0.25, 0.3) is 0 Å². The van der Waals surface area contributed by atoms with Crippen molar-refractivity contribution in [3.8, 4) is 6.07 Å². The molecule has 0 saturated carbocycles. The summed E-state index contributed by atoms with van der Waals surface area (Å²) in [6.07, 6.45) is -4.24. The van der Waals surface area contributed by atoms with Crippen LogP contribution in [0.5, 0.6) is 0 Å². The van der Waals surface area contributed by atoms with Gasteiger partial charge in [0.1, 0.15) is 0 Å². The van der Waals surface area contributed by atoms with E-state index in [0.29, 0.717) is 23.4 Å². The lowest BCUT2D eigenvalue weighted by atomic mass is 10.1. The minimum atomic E-state index is -4.73. The summed E-state index contributed by atoms with van der Waals surface area (Å²) in [7, 11) is -3.23. The Kier molecular flexibility index (Phi) is 7.14. The first kappa shape index (κ1) is 25.0. The molecule has 0 aliphatic heterocycles. The topological polar surface area (TPSA) is 100 Å². The first-order valence-corrected chi connectivity index (χ1v) is 11.2. The van der Waals surface area contributed by atoms with E-state index in [-0.39, 0.29) is 17.0 Å².